The van der Waals surface area contributed by atoms with Gasteiger partial charge in [-0.15, -0.1) is 5.10 Å². The molecule has 0 spiro atoms. The van der Waals surface area contributed by atoms with Crippen molar-refractivity contribution in [2.75, 3.05) is 25.1 Å². The standard InChI is InChI=1S/C10H14ClN3O/c11-10-5-9(7-13-14-10)12-6-8-1-3-15-4-2-8/h5,7-8H,1-4,6H2,(H,12,14). The number of rotatable bonds is 3. The van der Waals surface area contributed by atoms with Gasteiger partial charge in [-0.1, -0.05) is 11.6 Å². The van der Waals surface area contributed by atoms with Gasteiger partial charge in [-0.05, 0) is 18.8 Å². The fourth-order valence-corrected chi connectivity index (χ4v) is 1.81. The fourth-order valence-electron chi connectivity index (χ4n) is 1.65. The van der Waals surface area contributed by atoms with Crippen molar-refractivity contribution in [3.8, 4) is 0 Å². The summed E-state index contributed by atoms with van der Waals surface area (Å²) in [5, 5.41) is 11.2. The van der Waals surface area contributed by atoms with Gasteiger partial charge in [0.2, 0.25) is 0 Å². The van der Waals surface area contributed by atoms with Crippen molar-refractivity contribution >= 4 is 17.3 Å². The number of aromatic nitrogens is 2. The predicted molar refractivity (Wildman–Crippen MR) is 59.1 cm³/mol. The summed E-state index contributed by atoms with van der Waals surface area (Å²) in [6, 6.07) is 1.79. The highest BCUT2D eigenvalue weighted by Crippen LogP contribution is 2.16. The summed E-state index contributed by atoms with van der Waals surface area (Å²) in [5.41, 5.74) is 0.932. The van der Waals surface area contributed by atoms with E-state index in [0.717, 1.165) is 38.3 Å². The summed E-state index contributed by atoms with van der Waals surface area (Å²) >= 11 is 5.73. The van der Waals surface area contributed by atoms with Crippen LogP contribution in [0.4, 0.5) is 5.69 Å². The van der Waals surface area contributed by atoms with Gasteiger partial charge in [0.05, 0.1) is 11.9 Å². The quantitative estimate of drug-likeness (QED) is 0.858. The van der Waals surface area contributed by atoms with Crippen molar-refractivity contribution in [2.24, 2.45) is 5.92 Å². The molecule has 2 rings (SSSR count). The molecule has 0 radical (unpaired) electrons. The molecule has 1 saturated heterocycles. The molecule has 0 unspecified atom stereocenters. The maximum absolute atomic E-state index is 5.73. The highest BCUT2D eigenvalue weighted by molar-refractivity contribution is 6.29. The molecule has 0 amide bonds. The molecular formula is C10H14ClN3O. The molecule has 0 aliphatic carbocycles. The molecular weight excluding hydrogens is 214 g/mol. The fraction of sp³-hybridized carbons (Fsp3) is 0.600. The van der Waals surface area contributed by atoms with Gasteiger partial charge in [0.1, 0.15) is 0 Å². The van der Waals surface area contributed by atoms with Crippen LogP contribution >= 0.6 is 11.6 Å². The Morgan fingerprint density at radius 2 is 2.27 bits per heavy atom. The average molecular weight is 228 g/mol. The molecule has 0 bridgehead atoms. The summed E-state index contributed by atoms with van der Waals surface area (Å²) < 4.78 is 5.30. The van der Waals surface area contributed by atoms with E-state index in [0.29, 0.717) is 11.1 Å². The van der Waals surface area contributed by atoms with Crippen LogP contribution in [0, 0.1) is 5.92 Å². The third-order valence-corrected chi connectivity index (χ3v) is 2.75. The number of nitrogens with one attached hydrogen (secondary N) is 1. The lowest BCUT2D eigenvalue weighted by atomic mass is 10.0. The van der Waals surface area contributed by atoms with E-state index in [9.17, 15) is 0 Å². The first-order valence-electron chi connectivity index (χ1n) is 5.14. The normalized spacial score (nSPS) is 17.7. The average Bonchev–Trinajstić information content (AvgIpc) is 2.28. The van der Waals surface area contributed by atoms with Crippen molar-refractivity contribution in [3.63, 3.8) is 0 Å². The zero-order chi connectivity index (χ0) is 10.5. The van der Waals surface area contributed by atoms with Crippen LogP contribution in [0.3, 0.4) is 0 Å². The van der Waals surface area contributed by atoms with Crippen molar-refractivity contribution in [2.45, 2.75) is 12.8 Å². The van der Waals surface area contributed by atoms with Gasteiger partial charge in [0.25, 0.3) is 0 Å². The SMILES string of the molecule is Clc1cc(NCC2CCOCC2)cnn1. The van der Waals surface area contributed by atoms with Gasteiger partial charge in [-0.2, -0.15) is 5.10 Å². The lowest BCUT2D eigenvalue weighted by molar-refractivity contribution is 0.0699. The Hall–Kier alpha value is -0.870. The van der Waals surface area contributed by atoms with Crippen LogP contribution in [0.2, 0.25) is 5.15 Å². The van der Waals surface area contributed by atoms with Crippen LogP contribution in [0.25, 0.3) is 0 Å². The zero-order valence-electron chi connectivity index (χ0n) is 8.45. The minimum Gasteiger partial charge on any atom is -0.383 e. The molecule has 0 saturated carbocycles. The monoisotopic (exact) mass is 227 g/mol. The molecule has 1 aromatic heterocycles. The van der Waals surface area contributed by atoms with Gasteiger partial charge in [-0.3, -0.25) is 0 Å². The van der Waals surface area contributed by atoms with Crippen LogP contribution in [-0.4, -0.2) is 30.0 Å². The van der Waals surface area contributed by atoms with Crippen LogP contribution < -0.4 is 5.32 Å². The second-order valence-corrected chi connectivity index (χ2v) is 4.09. The number of anilines is 1. The van der Waals surface area contributed by atoms with Crippen LogP contribution in [0.5, 0.6) is 0 Å². The molecule has 82 valence electrons. The Morgan fingerprint density at radius 1 is 1.47 bits per heavy atom. The van der Waals surface area contributed by atoms with E-state index in [4.69, 9.17) is 16.3 Å². The molecule has 1 aliphatic rings. The lowest BCUT2D eigenvalue weighted by Gasteiger charge is -2.22. The van der Waals surface area contributed by atoms with E-state index in [1.54, 1.807) is 12.3 Å². The molecule has 1 N–H and O–H groups in total. The molecule has 1 aliphatic heterocycles. The van der Waals surface area contributed by atoms with E-state index in [1.165, 1.54) is 0 Å². The Labute approximate surface area is 94.0 Å². The number of nitrogens with zero attached hydrogens (tertiary/aromatic N) is 2. The summed E-state index contributed by atoms with van der Waals surface area (Å²) in [4.78, 5) is 0. The Balaban J connectivity index is 1.81. The Morgan fingerprint density at radius 3 is 3.00 bits per heavy atom. The van der Waals surface area contributed by atoms with E-state index < -0.39 is 0 Å². The van der Waals surface area contributed by atoms with Gasteiger partial charge in [0.15, 0.2) is 5.15 Å². The maximum atomic E-state index is 5.73. The molecule has 1 aromatic rings. The van der Waals surface area contributed by atoms with Crippen molar-refractivity contribution in [1.29, 1.82) is 0 Å². The summed E-state index contributed by atoms with van der Waals surface area (Å²) in [7, 11) is 0. The van der Waals surface area contributed by atoms with Crippen LogP contribution in [-0.2, 0) is 4.74 Å². The molecule has 1 fully saturated rings. The zero-order valence-corrected chi connectivity index (χ0v) is 9.20. The van der Waals surface area contributed by atoms with Gasteiger partial charge in [0, 0.05) is 25.8 Å². The topological polar surface area (TPSA) is 47.0 Å². The van der Waals surface area contributed by atoms with Crippen molar-refractivity contribution in [1.82, 2.24) is 10.2 Å². The van der Waals surface area contributed by atoms with Gasteiger partial charge in [-0.25, -0.2) is 0 Å². The van der Waals surface area contributed by atoms with E-state index >= 15 is 0 Å². The highest BCUT2D eigenvalue weighted by atomic mass is 35.5. The second kappa shape index (κ2) is 5.28. The summed E-state index contributed by atoms with van der Waals surface area (Å²) in [6.07, 6.45) is 3.93. The van der Waals surface area contributed by atoms with Crippen molar-refractivity contribution in [3.05, 3.63) is 17.4 Å². The minimum atomic E-state index is 0.423. The minimum absolute atomic E-state index is 0.423. The predicted octanol–water partition coefficient (Wildman–Crippen LogP) is 1.97. The maximum Gasteiger partial charge on any atom is 0.153 e. The molecule has 2 heterocycles. The third kappa shape index (κ3) is 3.32. The molecule has 5 heteroatoms. The summed E-state index contributed by atoms with van der Waals surface area (Å²) in [6.45, 7) is 2.70. The Kier molecular flexibility index (Phi) is 3.75. The Bertz CT molecular complexity index is 315. The smallest absolute Gasteiger partial charge is 0.153 e. The van der Waals surface area contributed by atoms with E-state index in [2.05, 4.69) is 15.5 Å². The van der Waals surface area contributed by atoms with Crippen LogP contribution in [0.15, 0.2) is 12.3 Å². The first-order valence-corrected chi connectivity index (χ1v) is 5.52. The lowest BCUT2D eigenvalue weighted by Crippen LogP contribution is -2.22. The molecule has 4 nitrogen and oxygen atoms in total. The molecule has 0 aromatic carbocycles. The number of hydrogen-bond donors (Lipinski definition) is 1. The molecule has 15 heavy (non-hydrogen) atoms. The van der Waals surface area contributed by atoms with E-state index in [-0.39, 0.29) is 0 Å². The summed E-state index contributed by atoms with van der Waals surface area (Å²) in [5.74, 6) is 0.686. The van der Waals surface area contributed by atoms with E-state index in [1.807, 2.05) is 0 Å². The number of hydrogen-bond acceptors (Lipinski definition) is 4. The van der Waals surface area contributed by atoms with Gasteiger partial charge < -0.3 is 10.1 Å². The second-order valence-electron chi connectivity index (χ2n) is 3.70. The largest absolute Gasteiger partial charge is 0.383 e. The first kappa shape index (κ1) is 10.6. The first-order chi connectivity index (χ1) is 7.34. The van der Waals surface area contributed by atoms with Crippen LogP contribution in [0.1, 0.15) is 12.8 Å². The highest BCUT2D eigenvalue weighted by Gasteiger charge is 2.13. The molecule has 0 atom stereocenters. The third-order valence-electron chi connectivity index (χ3n) is 2.56. The van der Waals surface area contributed by atoms with Crippen molar-refractivity contribution < 1.29 is 4.74 Å². The van der Waals surface area contributed by atoms with Gasteiger partial charge >= 0.3 is 0 Å². The number of ether oxygens (including phenoxy) is 1. The number of halogens is 1.